The number of aryl methyl sites for hydroxylation is 1. The lowest BCUT2D eigenvalue weighted by molar-refractivity contribution is -0.390. The largest absolute Gasteiger partial charge is 0.473 e. The van der Waals surface area contributed by atoms with Crippen molar-refractivity contribution in [3.8, 4) is 5.75 Å². The molecule has 0 radical (unpaired) electrons. The van der Waals surface area contributed by atoms with Crippen LogP contribution < -0.4 is 4.74 Å². The molecule has 24 heavy (non-hydrogen) atoms. The molecule has 3 rings (SSSR count). The lowest BCUT2D eigenvalue weighted by Crippen LogP contribution is -2.12. The van der Waals surface area contributed by atoms with Gasteiger partial charge in [-0.25, -0.2) is 0 Å². The van der Waals surface area contributed by atoms with Gasteiger partial charge >= 0.3 is 5.82 Å². The fourth-order valence-corrected chi connectivity index (χ4v) is 2.56. The van der Waals surface area contributed by atoms with Crippen molar-refractivity contribution in [1.82, 2.24) is 4.98 Å². The summed E-state index contributed by atoms with van der Waals surface area (Å²) in [4.78, 5) is 14.5. The maximum Gasteiger partial charge on any atom is 0.406 e. The summed E-state index contributed by atoms with van der Waals surface area (Å²) < 4.78 is 6.06. The van der Waals surface area contributed by atoms with E-state index in [1.54, 1.807) is 12.1 Å². The number of nitrogens with zero attached hydrogens (tertiary/aromatic N) is 2. The van der Waals surface area contributed by atoms with Crippen molar-refractivity contribution in [2.24, 2.45) is 0 Å². The van der Waals surface area contributed by atoms with Gasteiger partial charge in [0.05, 0.1) is 0 Å². The standard InChI is InChI=1S/C19H16N2O3/c1-14-8-5-6-11-16(14)18(15-9-3-2-4-10-15)24-17-12-7-13-20-19(17)21(22)23/h2-13,18H,1H3/t18-/m1/s1. The van der Waals surface area contributed by atoms with E-state index in [2.05, 4.69) is 4.98 Å². The van der Waals surface area contributed by atoms with Gasteiger partial charge in [-0.05, 0) is 45.7 Å². The Morgan fingerprint density at radius 2 is 1.71 bits per heavy atom. The Hall–Kier alpha value is -3.21. The van der Waals surface area contributed by atoms with Gasteiger partial charge in [-0.2, -0.15) is 0 Å². The molecule has 1 aromatic heterocycles. The van der Waals surface area contributed by atoms with Crippen LogP contribution in [0, 0.1) is 17.0 Å². The van der Waals surface area contributed by atoms with Crippen molar-refractivity contribution in [3.63, 3.8) is 0 Å². The molecular formula is C19H16N2O3. The summed E-state index contributed by atoms with van der Waals surface area (Å²) in [6.07, 6.45) is 0.936. The molecule has 120 valence electrons. The molecule has 1 heterocycles. The number of hydrogen-bond donors (Lipinski definition) is 0. The van der Waals surface area contributed by atoms with Crippen molar-refractivity contribution >= 4 is 5.82 Å². The van der Waals surface area contributed by atoms with Crippen molar-refractivity contribution in [2.75, 3.05) is 0 Å². The second-order valence-electron chi connectivity index (χ2n) is 5.35. The Labute approximate surface area is 139 Å². The van der Waals surface area contributed by atoms with Gasteiger partial charge in [0.15, 0.2) is 0 Å². The third kappa shape index (κ3) is 3.25. The van der Waals surface area contributed by atoms with Crippen LogP contribution in [-0.4, -0.2) is 9.91 Å². The Morgan fingerprint density at radius 3 is 2.42 bits per heavy atom. The summed E-state index contributed by atoms with van der Waals surface area (Å²) in [6.45, 7) is 1.99. The zero-order valence-corrected chi connectivity index (χ0v) is 13.1. The summed E-state index contributed by atoms with van der Waals surface area (Å²) in [5, 5.41) is 11.2. The average Bonchev–Trinajstić information content (AvgIpc) is 2.61. The minimum absolute atomic E-state index is 0.152. The van der Waals surface area contributed by atoms with Crippen LogP contribution >= 0.6 is 0 Å². The fourth-order valence-electron chi connectivity index (χ4n) is 2.56. The summed E-state index contributed by atoms with van der Waals surface area (Å²) in [6, 6.07) is 20.7. The van der Waals surface area contributed by atoms with Crippen LogP contribution in [0.1, 0.15) is 22.8 Å². The molecule has 0 amide bonds. The smallest absolute Gasteiger partial charge is 0.406 e. The molecular weight excluding hydrogens is 304 g/mol. The number of hydrogen-bond acceptors (Lipinski definition) is 4. The summed E-state index contributed by atoms with van der Waals surface area (Å²) in [5.41, 5.74) is 2.93. The highest BCUT2D eigenvalue weighted by Gasteiger charge is 2.23. The number of rotatable bonds is 5. The molecule has 0 spiro atoms. The van der Waals surface area contributed by atoms with Crippen molar-refractivity contribution in [1.29, 1.82) is 0 Å². The first kappa shape index (κ1) is 15.7. The van der Waals surface area contributed by atoms with E-state index in [0.717, 1.165) is 16.7 Å². The normalized spacial score (nSPS) is 11.7. The lowest BCUT2D eigenvalue weighted by atomic mass is 9.97. The lowest BCUT2D eigenvalue weighted by Gasteiger charge is -2.21. The van der Waals surface area contributed by atoms with E-state index in [4.69, 9.17) is 4.74 Å². The first-order chi connectivity index (χ1) is 11.7. The first-order valence-corrected chi connectivity index (χ1v) is 7.53. The van der Waals surface area contributed by atoms with Crippen molar-refractivity contribution in [3.05, 3.63) is 99.7 Å². The van der Waals surface area contributed by atoms with Crippen LogP contribution in [-0.2, 0) is 0 Å². The predicted octanol–water partition coefficient (Wildman–Crippen LogP) is 4.47. The van der Waals surface area contributed by atoms with Gasteiger partial charge in [0.2, 0.25) is 5.75 Å². The van der Waals surface area contributed by atoms with Crippen LogP contribution in [0.3, 0.4) is 0 Å². The van der Waals surface area contributed by atoms with Crippen LogP contribution in [0.2, 0.25) is 0 Å². The van der Waals surface area contributed by atoms with Gasteiger partial charge in [-0.15, -0.1) is 0 Å². The molecule has 0 bridgehead atoms. The molecule has 0 unspecified atom stereocenters. The number of nitro groups is 1. The number of benzene rings is 2. The minimum Gasteiger partial charge on any atom is -0.473 e. The Morgan fingerprint density at radius 1 is 1.00 bits per heavy atom. The molecule has 5 heteroatoms. The third-order valence-corrected chi connectivity index (χ3v) is 3.74. The SMILES string of the molecule is Cc1ccccc1[C@H](Oc1cccnc1[N+](=O)[O-])c1ccccc1. The van der Waals surface area contributed by atoms with Gasteiger partial charge in [0, 0.05) is 0 Å². The van der Waals surface area contributed by atoms with Gasteiger partial charge in [0.1, 0.15) is 12.3 Å². The van der Waals surface area contributed by atoms with Crippen molar-refractivity contribution in [2.45, 2.75) is 13.0 Å². The van der Waals surface area contributed by atoms with Crippen molar-refractivity contribution < 1.29 is 9.66 Å². The number of ether oxygens (including phenoxy) is 1. The molecule has 0 aliphatic carbocycles. The molecule has 0 aliphatic rings. The number of pyridine rings is 1. The van der Waals surface area contributed by atoms with E-state index in [9.17, 15) is 10.1 Å². The van der Waals surface area contributed by atoms with Gasteiger partial charge < -0.3 is 14.9 Å². The summed E-state index contributed by atoms with van der Waals surface area (Å²) >= 11 is 0. The predicted molar refractivity (Wildman–Crippen MR) is 91.0 cm³/mol. The first-order valence-electron chi connectivity index (χ1n) is 7.53. The zero-order chi connectivity index (χ0) is 16.9. The molecule has 5 nitrogen and oxygen atoms in total. The summed E-state index contributed by atoms with van der Waals surface area (Å²) in [5.74, 6) is -0.133. The van der Waals surface area contributed by atoms with Crippen LogP contribution in [0.4, 0.5) is 5.82 Å². The second kappa shape index (κ2) is 6.91. The quantitative estimate of drug-likeness (QED) is 0.514. The van der Waals surface area contributed by atoms with Gasteiger partial charge in [-0.1, -0.05) is 54.6 Å². The maximum atomic E-state index is 11.2. The molecule has 0 fully saturated rings. The van der Waals surface area contributed by atoms with E-state index in [-0.39, 0.29) is 11.6 Å². The molecule has 0 saturated carbocycles. The molecule has 1 atom stereocenters. The zero-order valence-electron chi connectivity index (χ0n) is 13.1. The van der Waals surface area contributed by atoms with Crippen LogP contribution in [0.25, 0.3) is 0 Å². The van der Waals surface area contributed by atoms with E-state index < -0.39 is 11.0 Å². The van der Waals surface area contributed by atoms with Gasteiger partial charge in [0.25, 0.3) is 0 Å². The second-order valence-corrected chi connectivity index (χ2v) is 5.35. The Bertz CT molecular complexity index is 850. The van der Waals surface area contributed by atoms with Gasteiger partial charge in [-0.3, -0.25) is 0 Å². The van der Waals surface area contributed by atoms with Crippen LogP contribution in [0.5, 0.6) is 5.75 Å². The monoisotopic (exact) mass is 320 g/mol. The third-order valence-electron chi connectivity index (χ3n) is 3.74. The molecule has 0 N–H and O–H groups in total. The molecule has 0 saturated heterocycles. The molecule has 3 aromatic rings. The van der Waals surface area contributed by atoms with E-state index in [1.165, 1.54) is 6.20 Å². The van der Waals surface area contributed by atoms with Crippen LogP contribution in [0.15, 0.2) is 72.9 Å². The Kier molecular flexibility index (Phi) is 4.52. The molecule has 0 aliphatic heterocycles. The highest BCUT2D eigenvalue weighted by Crippen LogP contribution is 2.33. The Balaban J connectivity index is 2.07. The van der Waals surface area contributed by atoms with E-state index in [0.29, 0.717) is 0 Å². The highest BCUT2D eigenvalue weighted by atomic mass is 16.6. The minimum atomic E-state index is -0.533. The average molecular weight is 320 g/mol. The molecule has 2 aromatic carbocycles. The van der Waals surface area contributed by atoms with E-state index in [1.807, 2.05) is 61.5 Å². The number of aromatic nitrogens is 1. The summed E-state index contributed by atoms with van der Waals surface area (Å²) in [7, 11) is 0. The fraction of sp³-hybridized carbons (Fsp3) is 0.105. The maximum absolute atomic E-state index is 11.2. The highest BCUT2D eigenvalue weighted by molar-refractivity contribution is 5.42. The topological polar surface area (TPSA) is 65.3 Å². The van der Waals surface area contributed by atoms with E-state index >= 15 is 0 Å².